The van der Waals surface area contributed by atoms with Gasteiger partial charge in [0.25, 0.3) is 15.9 Å². The van der Waals surface area contributed by atoms with Crippen LogP contribution in [0.4, 0.5) is 13.2 Å². The van der Waals surface area contributed by atoms with E-state index in [9.17, 15) is 26.4 Å². The van der Waals surface area contributed by atoms with Crippen molar-refractivity contribution < 1.29 is 26.4 Å². The number of carbonyl (C=O) groups excluding carboxylic acids is 1. The average molecular weight is 396 g/mol. The van der Waals surface area contributed by atoms with Gasteiger partial charge in [-0.15, -0.1) is 4.83 Å². The summed E-state index contributed by atoms with van der Waals surface area (Å²) in [5.41, 5.74) is 2.45. The number of nitrogens with one attached hydrogen (secondary N) is 2. The van der Waals surface area contributed by atoms with Gasteiger partial charge in [-0.2, -0.15) is 0 Å². The lowest BCUT2D eigenvalue weighted by atomic mass is 10.3. The third kappa shape index (κ3) is 3.68. The zero-order valence-corrected chi connectivity index (χ0v) is 14.2. The number of hydrogen-bond donors (Lipinski definition) is 2. The van der Waals surface area contributed by atoms with E-state index in [1.807, 2.05) is 5.43 Å². The van der Waals surface area contributed by atoms with Crippen LogP contribution in [0.25, 0.3) is 5.69 Å². The minimum atomic E-state index is -4.69. The number of hydrazine groups is 1. The van der Waals surface area contributed by atoms with Gasteiger partial charge in [0.05, 0.1) is 12.5 Å². The van der Waals surface area contributed by atoms with E-state index in [0.717, 1.165) is 0 Å². The minimum absolute atomic E-state index is 0.0188. The molecule has 1 amide bonds. The first kappa shape index (κ1) is 18.6. The van der Waals surface area contributed by atoms with Crippen LogP contribution >= 0.6 is 0 Å². The Hall–Kier alpha value is -3.18. The van der Waals surface area contributed by atoms with Crippen molar-refractivity contribution in [1.82, 2.24) is 19.8 Å². The Bertz CT molecular complexity index is 1100. The predicted octanol–water partition coefficient (Wildman–Crippen LogP) is 1.91. The second kappa shape index (κ2) is 7.21. The summed E-state index contributed by atoms with van der Waals surface area (Å²) in [6.45, 7) is 0. The highest BCUT2D eigenvalue weighted by Crippen LogP contribution is 2.19. The zero-order chi connectivity index (χ0) is 19.6. The van der Waals surface area contributed by atoms with Crippen molar-refractivity contribution in [1.29, 1.82) is 0 Å². The molecule has 0 fully saturated rings. The van der Waals surface area contributed by atoms with Crippen molar-refractivity contribution in [2.24, 2.45) is 0 Å². The normalized spacial score (nSPS) is 11.4. The van der Waals surface area contributed by atoms with E-state index in [0.29, 0.717) is 17.8 Å². The molecule has 2 aromatic carbocycles. The summed E-state index contributed by atoms with van der Waals surface area (Å²) < 4.78 is 65.4. The lowest BCUT2D eigenvalue weighted by molar-refractivity contribution is 0.0938. The third-order valence-electron chi connectivity index (χ3n) is 3.49. The molecule has 0 radical (unpaired) electrons. The molecule has 7 nitrogen and oxygen atoms in total. The topological polar surface area (TPSA) is 93.1 Å². The molecule has 0 saturated heterocycles. The van der Waals surface area contributed by atoms with Crippen LogP contribution in [0, 0.1) is 17.5 Å². The van der Waals surface area contributed by atoms with Crippen LogP contribution in [0.2, 0.25) is 0 Å². The second-order valence-corrected chi connectivity index (χ2v) is 6.87. The monoisotopic (exact) mass is 396 g/mol. The first-order valence-corrected chi connectivity index (χ1v) is 8.83. The van der Waals surface area contributed by atoms with Gasteiger partial charge < -0.3 is 0 Å². The molecular formula is C16H11F3N4O3S. The maximum absolute atomic E-state index is 13.7. The van der Waals surface area contributed by atoms with E-state index in [4.69, 9.17) is 0 Å². The standard InChI is InChI=1S/C16H11F3N4O3S/c17-11-6-7-13(15(19)14(11)18)27(25,26)22-21-16(24)12-8-20-9-23(12)10-4-2-1-3-5-10/h1-9,22H,(H,21,24). The van der Waals surface area contributed by atoms with Gasteiger partial charge in [0.2, 0.25) is 0 Å². The largest absolute Gasteiger partial charge is 0.295 e. The van der Waals surface area contributed by atoms with E-state index in [-0.39, 0.29) is 5.69 Å². The number of nitrogens with zero attached hydrogens (tertiary/aromatic N) is 2. The summed E-state index contributed by atoms with van der Waals surface area (Å²) in [7, 11) is -4.69. The van der Waals surface area contributed by atoms with Gasteiger partial charge in [-0.05, 0) is 24.3 Å². The Balaban J connectivity index is 1.81. The number of rotatable bonds is 5. The summed E-state index contributed by atoms with van der Waals surface area (Å²) >= 11 is 0. The van der Waals surface area contributed by atoms with Crippen LogP contribution in [0.1, 0.15) is 10.5 Å². The van der Waals surface area contributed by atoms with Crippen LogP contribution in [0.3, 0.4) is 0 Å². The molecule has 0 atom stereocenters. The molecule has 1 aromatic heterocycles. The lowest BCUT2D eigenvalue weighted by Crippen LogP contribution is -2.42. The second-order valence-electron chi connectivity index (χ2n) is 5.22. The molecule has 0 aliphatic carbocycles. The summed E-state index contributed by atoms with van der Waals surface area (Å²) in [6, 6.07) is 9.61. The molecule has 27 heavy (non-hydrogen) atoms. The molecule has 2 N–H and O–H groups in total. The first-order valence-electron chi connectivity index (χ1n) is 7.34. The number of amides is 1. The van der Waals surface area contributed by atoms with Crippen molar-refractivity contribution in [2.45, 2.75) is 4.90 Å². The Morgan fingerprint density at radius 2 is 1.70 bits per heavy atom. The molecule has 0 aliphatic rings. The molecule has 0 saturated carbocycles. The summed E-state index contributed by atoms with van der Waals surface area (Å²) in [5.74, 6) is -6.28. The first-order chi connectivity index (χ1) is 12.8. The number of sulfonamides is 1. The molecule has 0 unspecified atom stereocenters. The van der Waals surface area contributed by atoms with Crippen molar-refractivity contribution in [3.8, 4) is 5.69 Å². The molecule has 3 aromatic rings. The van der Waals surface area contributed by atoms with Gasteiger partial charge in [-0.25, -0.2) is 26.6 Å². The lowest BCUT2D eigenvalue weighted by Gasteiger charge is -2.11. The summed E-state index contributed by atoms with van der Waals surface area (Å²) in [6.07, 6.45) is 2.53. The number of para-hydroxylation sites is 1. The molecule has 0 bridgehead atoms. The van der Waals surface area contributed by atoms with E-state index in [1.165, 1.54) is 17.1 Å². The number of imidazole rings is 1. The maximum atomic E-state index is 13.7. The van der Waals surface area contributed by atoms with Gasteiger partial charge in [0, 0.05) is 5.69 Å². The van der Waals surface area contributed by atoms with E-state index in [2.05, 4.69) is 4.98 Å². The van der Waals surface area contributed by atoms with Gasteiger partial charge in [-0.1, -0.05) is 18.2 Å². The fourth-order valence-electron chi connectivity index (χ4n) is 2.21. The fourth-order valence-corrected chi connectivity index (χ4v) is 3.12. The number of benzene rings is 2. The molecule has 3 rings (SSSR count). The van der Waals surface area contributed by atoms with Gasteiger partial charge in [0.1, 0.15) is 10.6 Å². The van der Waals surface area contributed by atoms with E-state index >= 15 is 0 Å². The Kier molecular flexibility index (Phi) is 4.97. The van der Waals surface area contributed by atoms with Crippen molar-refractivity contribution in [3.63, 3.8) is 0 Å². The minimum Gasteiger partial charge on any atom is -0.295 e. The highest BCUT2D eigenvalue weighted by molar-refractivity contribution is 7.89. The van der Waals surface area contributed by atoms with Crippen molar-refractivity contribution in [2.75, 3.05) is 0 Å². The maximum Gasteiger partial charge on any atom is 0.284 e. The SMILES string of the molecule is O=C(NNS(=O)(=O)c1ccc(F)c(F)c1F)c1cncn1-c1ccccc1. The van der Waals surface area contributed by atoms with Gasteiger partial charge in [0.15, 0.2) is 17.5 Å². The van der Waals surface area contributed by atoms with Crippen LogP contribution in [0.15, 0.2) is 59.9 Å². The number of halogens is 3. The van der Waals surface area contributed by atoms with Crippen LogP contribution < -0.4 is 10.3 Å². The molecule has 1 heterocycles. The predicted molar refractivity (Wildman–Crippen MR) is 87.7 cm³/mol. The molecule has 140 valence electrons. The van der Waals surface area contributed by atoms with Crippen LogP contribution in [0.5, 0.6) is 0 Å². The zero-order valence-electron chi connectivity index (χ0n) is 13.4. The highest BCUT2D eigenvalue weighted by atomic mass is 32.2. The van der Waals surface area contributed by atoms with E-state index < -0.39 is 38.3 Å². The number of carbonyl (C=O) groups is 1. The van der Waals surface area contributed by atoms with Gasteiger partial charge >= 0.3 is 0 Å². The Morgan fingerprint density at radius 3 is 2.41 bits per heavy atom. The Morgan fingerprint density at radius 1 is 1.00 bits per heavy atom. The molecular weight excluding hydrogens is 385 g/mol. The summed E-state index contributed by atoms with van der Waals surface area (Å²) in [4.78, 5) is 16.6. The molecule has 11 heteroatoms. The van der Waals surface area contributed by atoms with E-state index in [1.54, 1.807) is 35.2 Å². The number of hydrogen-bond acceptors (Lipinski definition) is 4. The van der Waals surface area contributed by atoms with Crippen molar-refractivity contribution in [3.05, 3.63) is 78.1 Å². The number of aromatic nitrogens is 2. The van der Waals surface area contributed by atoms with Crippen LogP contribution in [-0.2, 0) is 10.0 Å². The van der Waals surface area contributed by atoms with Crippen molar-refractivity contribution >= 4 is 15.9 Å². The summed E-state index contributed by atoms with van der Waals surface area (Å²) in [5, 5.41) is 0. The van der Waals surface area contributed by atoms with Crippen LogP contribution in [-0.4, -0.2) is 23.9 Å². The third-order valence-corrected chi connectivity index (χ3v) is 4.76. The average Bonchev–Trinajstić information content (AvgIpc) is 3.15. The Labute approximate surface area is 151 Å². The smallest absolute Gasteiger partial charge is 0.284 e. The fraction of sp³-hybridized carbons (Fsp3) is 0. The quantitative estimate of drug-likeness (QED) is 0.509. The molecule has 0 spiro atoms. The molecule has 0 aliphatic heterocycles. The highest BCUT2D eigenvalue weighted by Gasteiger charge is 2.25. The van der Waals surface area contributed by atoms with Gasteiger partial charge in [-0.3, -0.25) is 14.8 Å².